The molecule has 0 saturated heterocycles. The van der Waals surface area contributed by atoms with Crippen molar-refractivity contribution in [2.24, 2.45) is 0 Å². The Morgan fingerprint density at radius 2 is 2.12 bits per heavy atom. The van der Waals surface area contributed by atoms with Crippen molar-refractivity contribution in [2.45, 2.75) is 12.6 Å². The van der Waals surface area contributed by atoms with Gasteiger partial charge in [0.2, 0.25) is 6.39 Å². The Kier molecular flexibility index (Phi) is 3.63. The minimum Gasteiger partial charge on any atom is -0.387 e. The Morgan fingerprint density at radius 1 is 1.31 bits per heavy atom. The first-order valence-corrected chi connectivity index (χ1v) is 5.05. The normalized spacial score (nSPS) is 12.6. The molecular formula is C11H13N3O2. The first kappa shape index (κ1) is 10.8. The van der Waals surface area contributed by atoms with Gasteiger partial charge in [0.25, 0.3) is 0 Å². The molecule has 1 atom stereocenters. The first-order chi connectivity index (χ1) is 7.86. The van der Waals surface area contributed by atoms with Crippen LogP contribution in [0.5, 0.6) is 0 Å². The van der Waals surface area contributed by atoms with Crippen molar-refractivity contribution in [1.29, 1.82) is 0 Å². The molecule has 5 heteroatoms. The minimum absolute atomic E-state index is 0.457. The van der Waals surface area contributed by atoms with Gasteiger partial charge in [-0.1, -0.05) is 35.5 Å². The third-order valence-electron chi connectivity index (χ3n) is 2.21. The molecule has 1 heterocycles. The van der Waals surface area contributed by atoms with Crippen LogP contribution in [0.3, 0.4) is 0 Å². The van der Waals surface area contributed by atoms with Crippen molar-refractivity contribution < 1.29 is 9.63 Å². The second kappa shape index (κ2) is 5.39. The van der Waals surface area contributed by atoms with E-state index in [9.17, 15) is 5.11 Å². The van der Waals surface area contributed by atoms with Gasteiger partial charge in [-0.3, -0.25) is 0 Å². The second-order valence-corrected chi connectivity index (χ2v) is 3.40. The summed E-state index contributed by atoms with van der Waals surface area (Å²) in [5.74, 6) is 0.584. The van der Waals surface area contributed by atoms with Gasteiger partial charge in [0.1, 0.15) is 0 Å². The summed E-state index contributed by atoms with van der Waals surface area (Å²) in [7, 11) is 0. The summed E-state index contributed by atoms with van der Waals surface area (Å²) in [6, 6.07) is 9.50. The number of benzene rings is 1. The number of hydrogen-bond acceptors (Lipinski definition) is 5. The molecule has 5 nitrogen and oxygen atoms in total. The quantitative estimate of drug-likeness (QED) is 0.781. The Hall–Kier alpha value is -1.72. The van der Waals surface area contributed by atoms with Crippen LogP contribution in [0.4, 0.5) is 0 Å². The molecule has 1 unspecified atom stereocenters. The summed E-state index contributed by atoms with van der Waals surface area (Å²) < 4.78 is 4.59. The van der Waals surface area contributed by atoms with Gasteiger partial charge >= 0.3 is 0 Å². The summed E-state index contributed by atoms with van der Waals surface area (Å²) in [6.45, 7) is 0.943. The lowest BCUT2D eigenvalue weighted by Crippen LogP contribution is -2.21. The number of nitrogens with zero attached hydrogens (tertiary/aromatic N) is 2. The SMILES string of the molecule is OC(CNCc1ncon1)c1ccccc1. The highest BCUT2D eigenvalue weighted by molar-refractivity contribution is 5.17. The lowest BCUT2D eigenvalue weighted by atomic mass is 10.1. The third-order valence-corrected chi connectivity index (χ3v) is 2.21. The third kappa shape index (κ3) is 2.88. The van der Waals surface area contributed by atoms with E-state index in [1.54, 1.807) is 0 Å². The number of aliphatic hydroxyl groups excluding tert-OH is 1. The van der Waals surface area contributed by atoms with Gasteiger partial charge in [-0.25, -0.2) is 0 Å². The van der Waals surface area contributed by atoms with Crippen LogP contribution in [0.25, 0.3) is 0 Å². The van der Waals surface area contributed by atoms with Crippen LogP contribution in [0.1, 0.15) is 17.5 Å². The topological polar surface area (TPSA) is 71.2 Å². The van der Waals surface area contributed by atoms with Gasteiger partial charge < -0.3 is 14.9 Å². The molecule has 0 aliphatic heterocycles. The molecule has 0 aliphatic rings. The maximum atomic E-state index is 9.82. The van der Waals surface area contributed by atoms with Crippen LogP contribution in [0.15, 0.2) is 41.2 Å². The number of hydrogen-bond donors (Lipinski definition) is 2. The van der Waals surface area contributed by atoms with E-state index in [-0.39, 0.29) is 0 Å². The molecule has 84 valence electrons. The molecule has 0 spiro atoms. The summed E-state index contributed by atoms with van der Waals surface area (Å²) in [6.07, 6.45) is 0.762. The van der Waals surface area contributed by atoms with Gasteiger partial charge in [-0.05, 0) is 5.56 Å². The Balaban J connectivity index is 1.78. The maximum absolute atomic E-state index is 9.82. The molecule has 0 radical (unpaired) electrons. The predicted octanol–water partition coefficient (Wildman–Crippen LogP) is 0.893. The molecule has 0 amide bonds. The average molecular weight is 219 g/mol. The average Bonchev–Trinajstić information content (AvgIpc) is 2.83. The van der Waals surface area contributed by atoms with Crippen LogP contribution in [-0.4, -0.2) is 21.8 Å². The fraction of sp³-hybridized carbons (Fsp3) is 0.273. The summed E-state index contributed by atoms with van der Waals surface area (Å²) in [5.41, 5.74) is 0.892. The van der Waals surface area contributed by atoms with Crippen molar-refractivity contribution in [3.05, 3.63) is 48.1 Å². The molecule has 0 aliphatic carbocycles. The van der Waals surface area contributed by atoms with E-state index in [0.717, 1.165) is 5.56 Å². The molecule has 16 heavy (non-hydrogen) atoms. The largest absolute Gasteiger partial charge is 0.387 e. The monoisotopic (exact) mass is 219 g/mol. The second-order valence-electron chi connectivity index (χ2n) is 3.40. The summed E-state index contributed by atoms with van der Waals surface area (Å²) in [4.78, 5) is 3.86. The Morgan fingerprint density at radius 3 is 2.81 bits per heavy atom. The van der Waals surface area contributed by atoms with E-state index in [1.807, 2.05) is 30.3 Å². The molecule has 2 rings (SSSR count). The van der Waals surface area contributed by atoms with Gasteiger partial charge in [0.05, 0.1) is 12.6 Å². The lowest BCUT2D eigenvalue weighted by molar-refractivity contribution is 0.174. The molecule has 0 fully saturated rings. The zero-order chi connectivity index (χ0) is 11.2. The van der Waals surface area contributed by atoms with Crippen LogP contribution in [0.2, 0.25) is 0 Å². The first-order valence-electron chi connectivity index (χ1n) is 5.05. The van der Waals surface area contributed by atoms with E-state index in [4.69, 9.17) is 0 Å². The zero-order valence-electron chi connectivity index (χ0n) is 8.71. The number of aromatic nitrogens is 2. The van der Waals surface area contributed by atoms with Crippen LogP contribution >= 0.6 is 0 Å². The zero-order valence-corrected chi connectivity index (χ0v) is 8.71. The molecule has 1 aromatic carbocycles. The molecule has 0 bridgehead atoms. The summed E-state index contributed by atoms with van der Waals surface area (Å²) >= 11 is 0. The maximum Gasteiger partial charge on any atom is 0.213 e. The van der Waals surface area contributed by atoms with Crippen LogP contribution in [-0.2, 0) is 6.54 Å². The van der Waals surface area contributed by atoms with E-state index < -0.39 is 6.10 Å². The Bertz CT molecular complexity index is 402. The van der Waals surface area contributed by atoms with Crippen molar-refractivity contribution in [1.82, 2.24) is 15.5 Å². The van der Waals surface area contributed by atoms with Crippen molar-refractivity contribution >= 4 is 0 Å². The van der Waals surface area contributed by atoms with Gasteiger partial charge in [0, 0.05) is 6.54 Å². The number of nitrogens with one attached hydrogen (secondary N) is 1. The van der Waals surface area contributed by atoms with E-state index in [1.165, 1.54) is 6.39 Å². The predicted molar refractivity (Wildman–Crippen MR) is 57.4 cm³/mol. The van der Waals surface area contributed by atoms with E-state index >= 15 is 0 Å². The van der Waals surface area contributed by atoms with Gasteiger partial charge in [0.15, 0.2) is 5.82 Å². The molecule has 2 aromatic rings. The van der Waals surface area contributed by atoms with E-state index in [2.05, 4.69) is 20.0 Å². The molecule has 1 aromatic heterocycles. The summed E-state index contributed by atoms with van der Waals surface area (Å²) in [5, 5.41) is 16.5. The lowest BCUT2D eigenvalue weighted by Gasteiger charge is -2.10. The Labute approximate surface area is 93.1 Å². The van der Waals surface area contributed by atoms with Crippen LogP contribution in [0, 0.1) is 0 Å². The minimum atomic E-state index is -0.520. The van der Waals surface area contributed by atoms with Gasteiger partial charge in [-0.15, -0.1) is 0 Å². The highest BCUT2D eigenvalue weighted by Gasteiger charge is 2.06. The highest BCUT2D eigenvalue weighted by Crippen LogP contribution is 2.10. The molecular weight excluding hydrogens is 206 g/mol. The standard InChI is InChI=1S/C11H13N3O2/c15-10(9-4-2-1-3-5-9)6-12-7-11-13-8-16-14-11/h1-5,8,10,12,15H,6-7H2. The molecule has 0 saturated carbocycles. The van der Waals surface area contributed by atoms with Crippen molar-refractivity contribution in [3.8, 4) is 0 Å². The highest BCUT2D eigenvalue weighted by atomic mass is 16.5. The fourth-order valence-corrected chi connectivity index (χ4v) is 1.38. The number of rotatable bonds is 5. The molecule has 2 N–H and O–H groups in total. The smallest absolute Gasteiger partial charge is 0.213 e. The number of aliphatic hydroxyl groups is 1. The van der Waals surface area contributed by atoms with Crippen molar-refractivity contribution in [3.63, 3.8) is 0 Å². The van der Waals surface area contributed by atoms with Crippen LogP contribution < -0.4 is 5.32 Å². The fourth-order valence-electron chi connectivity index (χ4n) is 1.38. The van der Waals surface area contributed by atoms with Crippen molar-refractivity contribution in [2.75, 3.05) is 6.54 Å². The van der Waals surface area contributed by atoms with E-state index in [0.29, 0.717) is 18.9 Å². The van der Waals surface area contributed by atoms with Gasteiger partial charge in [-0.2, -0.15) is 4.98 Å².